The Morgan fingerprint density at radius 3 is 3.00 bits per heavy atom. The molecule has 50 valence electrons. The highest BCUT2D eigenvalue weighted by Gasteiger charge is 2.47. The molecule has 0 bridgehead atoms. The molecule has 1 nitrogen and oxygen atoms in total. The lowest BCUT2D eigenvalue weighted by Crippen LogP contribution is -2.02. The van der Waals surface area contributed by atoms with E-state index in [-0.39, 0.29) is 0 Å². The molecule has 0 aromatic carbocycles. The molecule has 0 spiro atoms. The van der Waals surface area contributed by atoms with Crippen molar-refractivity contribution in [3.63, 3.8) is 0 Å². The second-order valence-corrected chi connectivity index (χ2v) is 3.15. The van der Waals surface area contributed by atoms with Crippen LogP contribution in [0, 0.1) is 17.8 Å². The first-order valence-electron chi connectivity index (χ1n) is 3.80. The van der Waals surface area contributed by atoms with E-state index in [1.807, 2.05) is 0 Å². The summed E-state index contributed by atoms with van der Waals surface area (Å²) in [6.07, 6.45) is 7.34. The Labute approximate surface area is 55.9 Å². The molecule has 1 saturated carbocycles. The molecule has 2 aliphatic rings. The van der Waals surface area contributed by atoms with Gasteiger partial charge in [-0.3, -0.25) is 0 Å². The van der Waals surface area contributed by atoms with E-state index >= 15 is 0 Å². The van der Waals surface area contributed by atoms with Crippen LogP contribution in [0.4, 0.5) is 0 Å². The Morgan fingerprint density at radius 2 is 2.44 bits per heavy atom. The van der Waals surface area contributed by atoms with Gasteiger partial charge in [-0.05, 0) is 37.1 Å². The summed E-state index contributed by atoms with van der Waals surface area (Å²) in [5.41, 5.74) is 5.56. The van der Waals surface area contributed by atoms with Gasteiger partial charge in [-0.25, -0.2) is 0 Å². The second-order valence-electron chi connectivity index (χ2n) is 3.15. The summed E-state index contributed by atoms with van der Waals surface area (Å²) in [5.74, 6) is 2.70. The normalized spacial score (nSPS) is 46.6. The molecule has 2 aliphatic carbocycles. The third-order valence-electron chi connectivity index (χ3n) is 2.69. The standard InChI is InChI=1S/C8H13N/c9-5-8-6-3-1-2-4-7(6)8/h1,3,6-8H,2,4-5,9H2. The van der Waals surface area contributed by atoms with Gasteiger partial charge in [-0.15, -0.1) is 0 Å². The van der Waals surface area contributed by atoms with Crippen molar-refractivity contribution in [1.82, 2.24) is 0 Å². The van der Waals surface area contributed by atoms with Crippen LogP contribution in [0.3, 0.4) is 0 Å². The maximum Gasteiger partial charge on any atom is -0.00403 e. The summed E-state index contributed by atoms with van der Waals surface area (Å²) in [7, 11) is 0. The number of hydrogen-bond acceptors (Lipinski definition) is 1. The van der Waals surface area contributed by atoms with Gasteiger partial charge in [0.25, 0.3) is 0 Å². The Hall–Kier alpha value is -0.300. The first kappa shape index (κ1) is 5.48. The summed E-state index contributed by atoms with van der Waals surface area (Å²) < 4.78 is 0. The van der Waals surface area contributed by atoms with Crippen molar-refractivity contribution in [2.24, 2.45) is 23.5 Å². The SMILES string of the molecule is NCC1C2C=CCCC21. The van der Waals surface area contributed by atoms with E-state index in [1.165, 1.54) is 12.8 Å². The van der Waals surface area contributed by atoms with Crippen LogP contribution < -0.4 is 5.73 Å². The van der Waals surface area contributed by atoms with E-state index in [1.54, 1.807) is 0 Å². The Morgan fingerprint density at radius 1 is 1.56 bits per heavy atom. The second kappa shape index (κ2) is 1.84. The maximum absolute atomic E-state index is 5.56. The quantitative estimate of drug-likeness (QED) is 0.520. The molecular weight excluding hydrogens is 110 g/mol. The largest absolute Gasteiger partial charge is 0.330 e. The van der Waals surface area contributed by atoms with E-state index in [0.29, 0.717) is 0 Å². The van der Waals surface area contributed by atoms with Crippen molar-refractivity contribution in [2.45, 2.75) is 12.8 Å². The third kappa shape index (κ3) is 0.715. The molecule has 0 aromatic heterocycles. The molecule has 3 atom stereocenters. The molecule has 0 radical (unpaired) electrons. The van der Waals surface area contributed by atoms with Crippen LogP contribution in [-0.2, 0) is 0 Å². The summed E-state index contributed by atoms with van der Waals surface area (Å²) >= 11 is 0. The number of nitrogens with two attached hydrogens (primary N) is 1. The molecule has 0 aromatic rings. The molecule has 1 fully saturated rings. The van der Waals surface area contributed by atoms with Crippen molar-refractivity contribution < 1.29 is 0 Å². The molecule has 2 N–H and O–H groups in total. The fourth-order valence-electron chi connectivity index (χ4n) is 2.04. The van der Waals surface area contributed by atoms with E-state index in [0.717, 1.165) is 24.3 Å². The molecule has 0 saturated heterocycles. The van der Waals surface area contributed by atoms with Gasteiger partial charge < -0.3 is 5.73 Å². The van der Waals surface area contributed by atoms with Crippen molar-refractivity contribution in [2.75, 3.05) is 6.54 Å². The average Bonchev–Trinajstić information content (AvgIpc) is 2.60. The lowest BCUT2D eigenvalue weighted by Gasteiger charge is -1.97. The molecule has 9 heavy (non-hydrogen) atoms. The molecule has 2 rings (SSSR count). The van der Waals surface area contributed by atoms with Crippen molar-refractivity contribution in [3.8, 4) is 0 Å². The molecule has 0 heterocycles. The number of hydrogen-bond donors (Lipinski definition) is 1. The minimum Gasteiger partial charge on any atom is -0.330 e. The van der Waals surface area contributed by atoms with Gasteiger partial charge in [0.2, 0.25) is 0 Å². The van der Waals surface area contributed by atoms with Crippen molar-refractivity contribution in [3.05, 3.63) is 12.2 Å². The lowest BCUT2D eigenvalue weighted by atomic mass is 10.1. The topological polar surface area (TPSA) is 26.0 Å². The van der Waals surface area contributed by atoms with E-state index in [4.69, 9.17) is 5.73 Å². The average molecular weight is 123 g/mol. The Balaban J connectivity index is 2.02. The predicted octanol–water partition coefficient (Wildman–Crippen LogP) is 1.16. The van der Waals surface area contributed by atoms with E-state index < -0.39 is 0 Å². The summed E-state index contributed by atoms with van der Waals surface area (Å²) in [5, 5.41) is 0. The first-order valence-corrected chi connectivity index (χ1v) is 3.80. The zero-order valence-electron chi connectivity index (χ0n) is 5.59. The zero-order valence-corrected chi connectivity index (χ0v) is 5.59. The summed E-state index contributed by atoms with van der Waals surface area (Å²) in [4.78, 5) is 0. The molecule has 0 amide bonds. The molecular formula is C8H13N. The predicted molar refractivity (Wildman–Crippen MR) is 37.9 cm³/mol. The van der Waals surface area contributed by atoms with E-state index in [9.17, 15) is 0 Å². The zero-order chi connectivity index (χ0) is 6.27. The highest BCUT2D eigenvalue weighted by molar-refractivity contribution is 5.12. The highest BCUT2D eigenvalue weighted by atomic mass is 14.6. The van der Waals surface area contributed by atoms with Crippen LogP contribution in [0.2, 0.25) is 0 Å². The van der Waals surface area contributed by atoms with Crippen LogP contribution in [0.25, 0.3) is 0 Å². The van der Waals surface area contributed by atoms with E-state index in [2.05, 4.69) is 12.2 Å². The first-order chi connectivity index (χ1) is 4.43. The summed E-state index contributed by atoms with van der Waals surface area (Å²) in [6, 6.07) is 0. The van der Waals surface area contributed by atoms with Crippen LogP contribution in [-0.4, -0.2) is 6.54 Å². The fourth-order valence-corrected chi connectivity index (χ4v) is 2.04. The highest BCUT2D eigenvalue weighted by Crippen LogP contribution is 2.51. The molecule has 3 unspecified atom stereocenters. The van der Waals surface area contributed by atoms with Crippen molar-refractivity contribution in [1.29, 1.82) is 0 Å². The lowest BCUT2D eigenvalue weighted by molar-refractivity contribution is 0.646. The maximum atomic E-state index is 5.56. The van der Waals surface area contributed by atoms with Gasteiger partial charge in [0.05, 0.1) is 0 Å². The minimum absolute atomic E-state index is 0.851. The van der Waals surface area contributed by atoms with Gasteiger partial charge in [-0.2, -0.15) is 0 Å². The van der Waals surface area contributed by atoms with Gasteiger partial charge in [0, 0.05) is 0 Å². The number of fused-ring (bicyclic) bond motifs is 1. The van der Waals surface area contributed by atoms with Crippen molar-refractivity contribution >= 4 is 0 Å². The van der Waals surface area contributed by atoms with Crippen LogP contribution in [0.1, 0.15) is 12.8 Å². The van der Waals surface area contributed by atoms with Crippen LogP contribution >= 0.6 is 0 Å². The fraction of sp³-hybridized carbons (Fsp3) is 0.750. The van der Waals surface area contributed by atoms with Gasteiger partial charge in [0.1, 0.15) is 0 Å². The monoisotopic (exact) mass is 123 g/mol. The molecule has 0 aliphatic heterocycles. The molecule has 1 heteroatoms. The third-order valence-corrected chi connectivity index (χ3v) is 2.69. The van der Waals surface area contributed by atoms with Crippen LogP contribution in [0.15, 0.2) is 12.2 Å². The van der Waals surface area contributed by atoms with Crippen LogP contribution in [0.5, 0.6) is 0 Å². The number of rotatable bonds is 1. The summed E-state index contributed by atoms with van der Waals surface area (Å²) in [6.45, 7) is 0.902. The smallest absolute Gasteiger partial charge is 0.00403 e. The minimum atomic E-state index is 0.851. The van der Waals surface area contributed by atoms with Gasteiger partial charge in [0.15, 0.2) is 0 Å². The Kier molecular flexibility index (Phi) is 1.12. The van der Waals surface area contributed by atoms with Gasteiger partial charge >= 0.3 is 0 Å². The number of allylic oxidation sites excluding steroid dienone is 2. The Bertz CT molecular complexity index is 136. The van der Waals surface area contributed by atoms with Gasteiger partial charge in [-0.1, -0.05) is 12.2 Å².